The minimum Gasteiger partial charge on any atom is -0.481 e. The van der Waals surface area contributed by atoms with Crippen LogP contribution in [0.1, 0.15) is 22.3 Å². The van der Waals surface area contributed by atoms with Crippen molar-refractivity contribution >= 4 is 23.2 Å². The molecule has 0 aliphatic heterocycles. The Morgan fingerprint density at radius 3 is 2.91 bits per heavy atom. The fraction of sp³-hybridized carbons (Fsp3) is 0.267. The maximum atomic E-state index is 11.7. The summed E-state index contributed by atoms with van der Waals surface area (Å²) in [5, 5.41) is 9.10. The van der Waals surface area contributed by atoms with Crippen molar-refractivity contribution in [1.82, 2.24) is 15.6 Å². The van der Waals surface area contributed by atoms with E-state index in [1.807, 2.05) is 5.38 Å². The second-order valence-electron chi connectivity index (χ2n) is 4.50. The van der Waals surface area contributed by atoms with E-state index in [0.29, 0.717) is 24.5 Å². The normalized spacial score (nSPS) is 10.0. The van der Waals surface area contributed by atoms with Crippen LogP contribution in [0.15, 0.2) is 35.2 Å². The molecule has 2 amide bonds. The molecule has 2 aromatic heterocycles. The van der Waals surface area contributed by atoms with Gasteiger partial charge in [0.05, 0.1) is 7.11 Å². The number of nitrogens with zero attached hydrogens (tertiary/aromatic N) is 1. The summed E-state index contributed by atoms with van der Waals surface area (Å²) >= 11 is 1.46. The molecule has 22 heavy (non-hydrogen) atoms. The molecule has 116 valence electrons. The van der Waals surface area contributed by atoms with Crippen molar-refractivity contribution in [2.75, 3.05) is 13.7 Å². The van der Waals surface area contributed by atoms with Crippen molar-refractivity contribution in [1.29, 1.82) is 0 Å². The second kappa shape index (κ2) is 8.14. The van der Waals surface area contributed by atoms with Gasteiger partial charge in [0.15, 0.2) is 0 Å². The first-order chi connectivity index (χ1) is 10.7. The number of methoxy groups -OCH3 is 1. The van der Waals surface area contributed by atoms with E-state index >= 15 is 0 Å². The lowest BCUT2D eigenvalue weighted by Crippen LogP contribution is -2.30. The number of aromatic nitrogens is 1. The van der Waals surface area contributed by atoms with Gasteiger partial charge in [-0.1, -0.05) is 0 Å². The van der Waals surface area contributed by atoms with Crippen LogP contribution in [0.5, 0.6) is 5.88 Å². The minimum atomic E-state index is -0.159. The van der Waals surface area contributed by atoms with E-state index in [0.717, 1.165) is 5.56 Å². The van der Waals surface area contributed by atoms with Gasteiger partial charge in [-0.05, 0) is 23.1 Å². The molecule has 0 unspecified atom stereocenters. The molecular weight excluding hydrogens is 302 g/mol. The molecule has 0 saturated carbocycles. The zero-order chi connectivity index (χ0) is 15.8. The van der Waals surface area contributed by atoms with Gasteiger partial charge in [0.2, 0.25) is 11.8 Å². The van der Waals surface area contributed by atoms with Gasteiger partial charge >= 0.3 is 0 Å². The number of ether oxygens (including phenoxy) is 1. The number of rotatable bonds is 7. The highest BCUT2D eigenvalue weighted by Crippen LogP contribution is 2.08. The molecule has 0 aromatic carbocycles. The highest BCUT2D eigenvalue weighted by atomic mass is 32.1. The van der Waals surface area contributed by atoms with Crippen LogP contribution in [-0.2, 0) is 11.3 Å². The van der Waals surface area contributed by atoms with E-state index in [4.69, 9.17) is 4.74 Å². The average molecular weight is 319 g/mol. The number of carbonyl (C=O) groups is 2. The molecule has 0 aliphatic carbocycles. The quantitative estimate of drug-likeness (QED) is 0.812. The topological polar surface area (TPSA) is 80.3 Å². The fourth-order valence-corrected chi connectivity index (χ4v) is 2.38. The third-order valence-corrected chi connectivity index (χ3v) is 3.60. The van der Waals surface area contributed by atoms with Crippen molar-refractivity contribution in [2.24, 2.45) is 0 Å². The summed E-state index contributed by atoms with van der Waals surface area (Å²) in [6.07, 6.45) is 1.86. The molecule has 0 aliphatic rings. The molecule has 0 bridgehead atoms. The van der Waals surface area contributed by atoms with Crippen molar-refractivity contribution in [3.8, 4) is 5.88 Å². The van der Waals surface area contributed by atoms with Gasteiger partial charge in [0, 0.05) is 42.7 Å². The highest BCUT2D eigenvalue weighted by molar-refractivity contribution is 7.08. The SMILES string of the molecule is COc1cc(CNC(=O)CCNC(=O)c2ccsc2)ccn1. The van der Waals surface area contributed by atoms with Crippen molar-refractivity contribution in [3.05, 3.63) is 46.3 Å². The summed E-state index contributed by atoms with van der Waals surface area (Å²) in [7, 11) is 1.54. The molecule has 6 nitrogen and oxygen atoms in total. The second-order valence-corrected chi connectivity index (χ2v) is 5.28. The van der Waals surface area contributed by atoms with Crippen LogP contribution < -0.4 is 15.4 Å². The predicted octanol–water partition coefficient (Wildman–Crippen LogP) is 1.59. The van der Waals surface area contributed by atoms with E-state index in [1.165, 1.54) is 11.3 Å². The Labute approximate surface area is 132 Å². The summed E-state index contributed by atoms with van der Waals surface area (Å²) in [5.41, 5.74) is 1.52. The van der Waals surface area contributed by atoms with Crippen LogP contribution in [0.4, 0.5) is 0 Å². The van der Waals surface area contributed by atoms with Gasteiger partial charge in [-0.2, -0.15) is 11.3 Å². The Morgan fingerprint density at radius 1 is 1.32 bits per heavy atom. The molecule has 0 fully saturated rings. The number of hydrogen-bond donors (Lipinski definition) is 2. The first-order valence-corrected chi connectivity index (χ1v) is 7.69. The van der Waals surface area contributed by atoms with Gasteiger partial charge < -0.3 is 15.4 Å². The summed E-state index contributed by atoms with van der Waals surface area (Å²) < 4.78 is 5.02. The first kappa shape index (κ1) is 16.0. The third-order valence-electron chi connectivity index (χ3n) is 2.92. The zero-order valence-electron chi connectivity index (χ0n) is 12.2. The van der Waals surface area contributed by atoms with Gasteiger partial charge in [-0.3, -0.25) is 9.59 Å². The maximum absolute atomic E-state index is 11.7. The molecule has 2 rings (SSSR count). The van der Waals surface area contributed by atoms with Crippen LogP contribution in [0, 0.1) is 0 Å². The van der Waals surface area contributed by atoms with Gasteiger partial charge in [0.25, 0.3) is 5.91 Å². The van der Waals surface area contributed by atoms with E-state index in [9.17, 15) is 9.59 Å². The standard InChI is InChI=1S/C15H17N3O3S/c1-21-14-8-11(2-5-16-14)9-18-13(19)3-6-17-15(20)12-4-7-22-10-12/h2,4-5,7-8,10H,3,6,9H2,1H3,(H,17,20)(H,18,19). The van der Waals surface area contributed by atoms with Gasteiger partial charge in [-0.15, -0.1) is 0 Å². The van der Waals surface area contributed by atoms with E-state index in [2.05, 4.69) is 15.6 Å². The Hall–Kier alpha value is -2.41. The van der Waals surface area contributed by atoms with Crippen LogP contribution in [0.2, 0.25) is 0 Å². The number of hydrogen-bond acceptors (Lipinski definition) is 5. The number of nitrogens with one attached hydrogen (secondary N) is 2. The lowest BCUT2D eigenvalue weighted by Gasteiger charge is -2.07. The number of pyridine rings is 1. The summed E-state index contributed by atoms with van der Waals surface area (Å²) in [4.78, 5) is 27.4. The van der Waals surface area contributed by atoms with Crippen LogP contribution in [0.3, 0.4) is 0 Å². The number of amides is 2. The molecule has 2 N–H and O–H groups in total. The molecule has 0 spiro atoms. The predicted molar refractivity (Wildman–Crippen MR) is 83.9 cm³/mol. The summed E-state index contributed by atoms with van der Waals surface area (Å²) in [6, 6.07) is 5.32. The van der Waals surface area contributed by atoms with E-state index in [1.54, 1.807) is 36.9 Å². The highest BCUT2D eigenvalue weighted by Gasteiger charge is 2.07. The Bertz CT molecular complexity index is 629. The Morgan fingerprint density at radius 2 is 2.18 bits per heavy atom. The fourth-order valence-electron chi connectivity index (χ4n) is 1.75. The molecule has 2 aromatic rings. The Kier molecular flexibility index (Phi) is 5.91. The first-order valence-electron chi connectivity index (χ1n) is 6.75. The molecule has 0 saturated heterocycles. The zero-order valence-corrected chi connectivity index (χ0v) is 13.0. The Balaban J connectivity index is 1.68. The van der Waals surface area contributed by atoms with E-state index < -0.39 is 0 Å². The molecule has 7 heteroatoms. The molecule has 2 heterocycles. The van der Waals surface area contributed by atoms with Crippen molar-refractivity contribution < 1.29 is 14.3 Å². The molecular formula is C15H17N3O3S. The minimum absolute atomic E-state index is 0.124. The summed E-state index contributed by atoms with van der Waals surface area (Å²) in [6.45, 7) is 0.705. The van der Waals surface area contributed by atoms with Crippen molar-refractivity contribution in [2.45, 2.75) is 13.0 Å². The van der Waals surface area contributed by atoms with Crippen LogP contribution in [0.25, 0.3) is 0 Å². The van der Waals surface area contributed by atoms with Crippen LogP contribution >= 0.6 is 11.3 Å². The smallest absolute Gasteiger partial charge is 0.252 e. The lowest BCUT2D eigenvalue weighted by molar-refractivity contribution is -0.121. The van der Waals surface area contributed by atoms with Crippen molar-refractivity contribution in [3.63, 3.8) is 0 Å². The maximum Gasteiger partial charge on any atom is 0.252 e. The lowest BCUT2D eigenvalue weighted by atomic mass is 10.2. The van der Waals surface area contributed by atoms with Crippen LogP contribution in [-0.4, -0.2) is 30.5 Å². The average Bonchev–Trinajstić information content (AvgIpc) is 3.07. The monoisotopic (exact) mass is 319 g/mol. The third kappa shape index (κ3) is 4.85. The van der Waals surface area contributed by atoms with Gasteiger partial charge in [0.1, 0.15) is 0 Å². The number of thiophene rings is 1. The van der Waals surface area contributed by atoms with Gasteiger partial charge in [-0.25, -0.2) is 4.98 Å². The molecule has 0 radical (unpaired) electrons. The number of carbonyl (C=O) groups excluding carboxylic acids is 2. The largest absolute Gasteiger partial charge is 0.481 e. The van der Waals surface area contributed by atoms with E-state index in [-0.39, 0.29) is 18.2 Å². The molecule has 0 atom stereocenters. The summed E-state index contributed by atoms with van der Waals surface area (Å²) in [5.74, 6) is 0.226.